The molecule has 156 valence electrons. The topological polar surface area (TPSA) is 106 Å². The van der Waals surface area contributed by atoms with Gasteiger partial charge in [0.15, 0.2) is 0 Å². The molecule has 0 aliphatic heterocycles. The summed E-state index contributed by atoms with van der Waals surface area (Å²) in [6, 6.07) is 16.1. The van der Waals surface area contributed by atoms with E-state index in [1.54, 1.807) is 37.4 Å². The molecule has 4 rings (SSSR count). The number of amides is 2. The van der Waals surface area contributed by atoms with Crippen molar-refractivity contribution in [2.45, 2.75) is 6.42 Å². The molecule has 0 bridgehead atoms. The maximum Gasteiger partial charge on any atom is 0.269 e. The quantitative estimate of drug-likeness (QED) is 0.464. The zero-order valence-corrected chi connectivity index (χ0v) is 17.5. The summed E-state index contributed by atoms with van der Waals surface area (Å²) in [7, 11) is 1.55. The van der Waals surface area contributed by atoms with Crippen LogP contribution in [0.2, 0.25) is 0 Å². The van der Waals surface area contributed by atoms with E-state index < -0.39 is 0 Å². The summed E-state index contributed by atoms with van der Waals surface area (Å²) in [6.45, 7) is 0.478. The molecule has 0 fully saturated rings. The highest BCUT2D eigenvalue weighted by molar-refractivity contribution is 7.00. The molecule has 2 aromatic heterocycles. The lowest BCUT2D eigenvalue weighted by Crippen LogP contribution is -2.25. The lowest BCUT2D eigenvalue weighted by molar-refractivity contribution is 0.0948. The van der Waals surface area contributed by atoms with Gasteiger partial charge in [0.1, 0.15) is 28.2 Å². The van der Waals surface area contributed by atoms with Crippen LogP contribution in [0.1, 0.15) is 26.4 Å². The van der Waals surface area contributed by atoms with E-state index >= 15 is 0 Å². The Bertz CT molecular complexity index is 1240. The number of rotatable bonds is 7. The Hall–Kier alpha value is -3.85. The molecule has 0 aliphatic rings. The molecule has 0 aliphatic carbocycles. The molecular weight excluding hydrogens is 414 g/mol. The first kappa shape index (κ1) is 20.4. The summed E-state index contributed by atoms with van der Waals surface area (Å²) in [5, 5.41) is 5.46. The molecule has 0 saturated heterocycles. The fraction of sp³-hybridized carbons (Fsp3) is 0.136. The minimum absolute atomic E-state index is 0.152. The van der Waals surface area contributed by atoms with Gasteiger partial charge in [-0.2, -0.15) is 8.75 Å². The number of hydrogen-bond acceptors (Lipinski definition) is 7. The molecule has 8 nitrogen and oxygen atoms in total. The van der Waals surface area contributed by atoms with Crippen molar-refractivity contribution in [3.05, 3.63) is 77.6 Å². The molecule has 2 aromatic carbocycles. The van der Waals surface area contributed by atoms with E-state index in [1.807, 2.05) is 24.3 Å². The second-order valence-electron chi connectivity index (χ2n) is 6.68. The summed E-state index contributed by atoms with van der Waals surface area (Å²) in [5.74, 6) is 0.728. The van der Waals surface area contributed by atoms with Crippen LogP contribution in [0.3, 0.4) is 0 Å². The van der Waals surface area contributed by atoms with E-state index in [1.165, 1.54) is 6.20 Å². The molecule has 0 unspecified atom stereocenters. The number of nitrogens with zero attached hydrogens (tertiary/aromatic N) is 3. The molecule has 4 aromatic rings. The van der Waals surface area contributed by atoms with E-state index in [2.05, 4.69) is 24.4 Å². The normalized spacial score (nSPS) is 10.6. The van der Waals surface area contributed by atoms with Crippen LogP contribution in [0.25, 0.3) is 11.0 Å². The first-order valence-corrected chi connectivity index (χ1v) is 10.3. The minimum Gasteiger partial charge on any atom is -0.457 e. The van der Waals surface area contributed by atoms with Crippen molar-refractivity contribution in [2.75, 3.05) is 13.6 Å². The van der Waals surface area contributed by atoms with Crippen LogP contribution in [-0.2, 0) is 6.42 Å². The van der Waals surface area contributed by atoms with Crippen LogP contribution >= 0.6 is 11.7 Å². The first-order chi connectivity index (χ1) is 15.1. The number of carbonyl (C=O) groups is 2. The molecular formula is C22H19N5O3S. The van der Waals surface area contributed by atoms with Gasteiger partial charge in [-0.3, -0.25) is 14.6 Å². The Morgan fingerprint density at radius 1 is 0.968 bits per heavy atom. The summed E-state index contributed by atoms with van der Waals surface area (Å²) in [5.41, 5.74) is 3.36. The van der Waals surface area contributed by atoms with Crippen molar-refractivity contribution in [3.63, 3.8) is 0 Å². The number of nitrogens with one attached hydrogen (secondary N) is 2. The summed E-state index contributed by atoms with van der Waals surface area (Å²) >= 11 is 1.13. The zero-order chi connectivity index (χ0) is 21.6. The van der Waals surface area contributed by atoms with Crippen LogP contribution in [-0.4, -0.2) is 39.1 Å². The Morgan fingerprint density at radius 2 is 1.81 bits per heavy atom. The van der Waals surface area contributed by atoms with Crippen molar-refractivity contribution in [1.82, 2.24) is 24.4 Å². The molecule has 0 spiro atoms. The number of hydrogen-bond donors (Lipinski definition) is 2. The van der Waals surface area contributed by atoms with Crippen LogP contribution in [0.4, 0.5) is 0 Å². The van der Waals surface area contributed by atoms with Gasteiger partial charge >= 0.3 is 0 Å². The average Bonchev–Trinajstić information content (AvgIpc) is 3.27. The smallest absolute Gasteiger partial charge is 0.269 e. The van der Waals surface area contributed by atoms with Crippen molar-refractivity contribution < 1.29 is 14.3 Å². The maximum atomic E-state index is 12.4. The van der Waals surface area contributed by atoms with Crippen LogP contribution in [0, 0.1) is 0 Å². The van der Waals surface area contributed by atoms with E-state index in [0.717, 1.165) is 28.3 Å². The average molecular weight is 433 g/mol. The van der Waals surface area contributed by atoms with Gasteiger partial charge in [0.25, 0.3) is 11.8 Å². The number of carbonyl (C=O) groups excluding carboxylic acids is 2. The molecule has 0 saturated carbocycles. The summed E-state index contributed by atoms with van der Waals surface area (Å²) in [6.07, 6.45) is 2.17. The van der Waals surface area contributed by atoms with Gasteiger partial charge in [0, 0.05) is 31.4 Å². The standard InChI is InChI=1S/C22H19N5O3S/c1-23-22(29)20-13-17(8-10-24-20)30-16-4-2-3-14(11-16)7-9-25-21(28)15-5-6-18-19(12-15)27-31-26-18/h2-6,8,10-13H,7,9H2,1H3,(H,23,29)(H,25,28). The van der Waals surface area contributed by atoms with Gasteiger partial charge in [0.2, 0.25) is 0 Å². The largest absolute Gasteiger partial charge is 0.457 e. The van der Waals surface area contributed by atoms with E-state index in [0.29, 0.717) is 30.0 Å². The Kier molecular flexibility index (Phi) is 6.13. The first-order valence-electron chi connectivity index (χ1n) is 9.58. The van der Waals surface area contributed by atoms with Crippen molar-refractivity contribution in [3.8, 4) is 11.5 Å². The molecule has 0 atom stereocenters. The van der Waals surface area contributed by atoms with Gasteiger partial charge in [0.05, 0.1) is 11.7 Å². The van der Waals surface area contributed by atoms with Crippen LogP contribution in [0.15, 0.2) is 60.8 Å². The second-order valence-corrected chi connectivity index (χ2v) is 7.21. The van der Waals surface area contributed by atoms with E-state index in [9.17, 15) is 9.59 Å². The Labute approximate surface area is 182 Å². The van der Waals surface area contributed by atoms with Gasteiger partial charge < -0.3 is 15.4 Å². The van der Waals surface area contributed by atoms with Gasteiger partial charge in [-0.05, 0) is 48.4 Å². The lowest BCUT2D eigenvalue weighted by atomic mass is 10.1. The number of aromatic nitrogens is 3. The van der Waals surface area contributed by atoms with Crippen molar-refractivity contribution in [1.29, 1.82) is 0 Å². The monoisotopic (exact) mass is 433 g/mol. The van der Waals surface area contributed by atoms with E-state index in [-0.39, 0.29) is 17.5 Å². The van der Waals surface area contributed by atoms with Gasteiger partial charge in [-0.25, -0.2) is 0 Å². The van der Waals surface area contributed by atoms with Crippen molar-refractivity contribution >= 4 is 34.6 Å². The van der Waals surface area contributed by atoms with E-state index in [4.69, 9.17) is 4.74 Å². The maximum absolute atomic E-state index is 12.4. The zero-order valence-electron chi connectivity index (χ0n) is 16.7. The summed E-state index contributed by atoms with van der Waals surface area (Å²) < 4.78 is 14.2. The molecule has 0 radical (unpaired) electrons. The molecule has 2 N–H and O–H groups in total. The Balaban J connectivity index is 1.35. The molecule has 2 heterocycles. The number of pyridine rings is 1. The number of ether oxygens (including phenoxy) is 1. The SMILES string of the molecule is CNC(=O)c1cc(Oc2cccc(CCNC(=O)c3ccc4nsnc4c3)c2)ccn1. The predicted molar refractivity (Wildman–Crippen MR) is 118 cm³/mol. The second kappa shape index (κ2) is 9.31. The van der Waals surface area contributed by atoms with Crippen molar-refractivity contribution in [2.24, 2.45) is 0 Å². The molecule has 2 amide bonds. The molecule has 31 heavy (non-hydrogen) atoms. The Morgan fingerprint density at radius 3 is 2.68 bits per heavy atom. The van der Waals surface area contributed by atoms with Crippen LogP contribution < -0.4 is 15.4 Å². The third kappa shape index (κ3) is 5.01. The summed E-state index contributed by atoms with van der Waals surface area (Å²) in [4.78, 5) is 28.2. The third-order valence-electron chi connectivity index (χ3n) is 4.54. The highest BCUT2D eigenvalue weighted by atomic mass is 32.1. The third-order valence-corrected chi connectivity index (χ3v) is 5.10. The molecule has 9 heteroatoms. The predicted octanol–water partition coefficient (Wildman–Crippen LogP) is 3.21. The minimum atomic E-state index is -0.278. The fourth-order valence-electron chi connectivity index (χ4n) is 2.97. The van der Waals surface area contributed by atoms with Gasteiger partial charge in [-0.15, -0.1) is 0 Å². The number of fused-ring (bicyclic) bond motifs is 1. The van der Waals surface area contributed by atoms with Gasteiger partial charge in [-0.1, -0.05) is 12.1 Å². The van der Waals surface area contributed by atoms with Crippen LogP contribution in [0.5, 0.6) is 11.5 Å². The lowest BCUT2D eigenvalue weighted by Gasteiger charge is -2.09. The fourth-order valence-corrected chi connectivity index (χ4v) is 3.49. The highest BCUT2D eigenvalue weighted by Gasteiger charge is 2.09. The number of benzene rings is 2. The highest BCUT2D eigenvalue weighted by Crippen LogP contribution is 2.22.